The number of nitrogens with two attached hydrogens (primary N) is 1. The summed E-state index contributed by atoms with van der Waals surface area (Å²) in [7, 11) is -4.16. The van der Waals surface area contributed by atoms with Gasteiger partial charge in [-0.3, -0.25) is 62.4 Å². The van der Waals surface area contributed by atoms with Crippen molar-refractivity contribution < 1.29 is 109 Å². The predicted molar refractivity (Wildman–Crippen MR) is 516 cm³/mol. The summed E-state index contributed by atoms with van der Waals surface area (Å²) in [5.41, 5.74) is 8.26. The standard InChI is InChI=1S/C101H144N12O23S/c1-68(2)91(95(122)107-70(4)93(120)108-75-30-26-71-29-33-85-99(6,78(71)64-75)39-18-41-101(85)97(124)113(101)96(123)100(7)40-17-38-98(5)79-65-76(114)31-27-72(79)28-32-84(98)100)110-94(121)81(23-15-16-42-104-89(118)67-136-83-25-10-8-9-22-80(92(83)111-102)103-43-48-130-52-56-134-60-58-132-54-50-128-46-36-87(116)106-45-62-137(125,126)127)109-88(117)37-47-129-51-55-133-59-61-135-57-53-131-49-44-105-86(115)34-35-90(119)112-66-74-20-12-11-19-73(74)63-69(3)77-21-13-14-24-82(77)112/h11-14,19-21,24,26-27,30-31,64-65,68,70,81,83-85,91,114H,3,8-10,15-18,22-23,25,28-29,32-63,66-67,102H2,1-2,4-7H3,(H,104,118)(H,105,115)(H,106,116)(H,107,122)(H,108,120)(H,109,117)(H,110,121)(H,125,126,127)/t70-,81+,83?,84+,85?,91-,98+,99+,100-,101+,113?/m0/s1. The van der Waals surface area contributed by atoms with Crippen molar-refractivity contribution in [2.24, 2.45) is 39.1 Å². The molecule has 35 nitrogen and oxygen atoms in total. The molecule has 1 saturated heterocycles. The number of ether oxygens (including phenoxy) is 9. The Morgan fingerprint density at radius 1 is 0.562 bits per heavy atom. The summed E-state index contributed by atoms with van der Waals surface area (Å²) >= 11 is 0. The summed E-state index contributed by atoms with van der Waals surface area (Å²) < 4.78 is 81.5. The van der Waals surface area contributed by atoms with E-state index in [0.717, 1.165) is 109 Å². The molecule has 11 rings (SSSR count). The smallest absolute Gasteiger partial charge is 0.266 e. The Labute approximate surface area is 805 Å². The molecule has 4 aromatic rings. The number of fused-ring (bicyclic) bond motifs is 9. The van der Waals surface area contributed by atoms with Gasteiger partial charge in [0.15, 0.2) is 0 Å². The Hall–Kier alpha value is -9.99. The number of imide groups is 1. The first kappa shape index (κ1) is 107. The second-order valence-corrected chi connectivity index (χ2v) is 39.4. The summed E-state index contributed by atoms with van der Waals surface area (Å²) in [5.74, 6) is 1.28. The average Bonchev–Trinajstić information content (AvgIpc) is 1.50. The van der Waals surface area contributed by atoms with E-state index >= 15 is 4.79 Å². The molecule has 11 N–H and O–H groups in total. The van der Waals surface area contributed by atoms with Crippen LogP contribution in [0.3, 0.4) is 0 Å². The van der Waals surface area contributed by atoms with E-state index in [1.807, 2.05) is 72.8 Å². The number of anilines is 2. The number of aliphatic imine (C=N–C) groups is 1. The third kappa shape index (κ3) is 29.8. The number of aromatic hydroxyl groups is 1. The summed E-state index contributed by atoms with van der Waals surface area (Å²) in [5, 5.41) is 34.4. The van der Waals surface area contributed by atoms with Gasteiger partial charge in [-0.15, -0.1) is 0 Å². The van der Waals surface area contributed by atoms with Crippen molar-refractivity contribution in [3.8, 4) is 5.75 Å². The van der Waals surface area contributed by atoms with Crippen LogP contribution >= 0.6 is 0 Å². The Kier molecular flexibility index (Phi) is 41.0. The van der Waals surface area contributed by atoms with Gasteiger partial charge in [0.1, 0.15) is 47.8 Å². The fraction of sp³-hybridized carbons (Fsp3) is 0.624. The van der Waals surface area contributed by atoms with Crippen molar-refractivity contribution in [1.29, 1.82) is 0 Å². The summed E-state index contributed by atoms with van der Waals surface area (Å²) in [6.07, 6.45) is 12.1. The third-order valence-electron chi connectivity index (χ3n) is 27.9. The summed E-state index contributed by atoms with van der Waals surface area (Å²) in [6.45, 7) is 20.4. The molecule has 7 aliphatic rings. The zero-order valence-electron chi connectivity index (χ0n) is 80.6. The number of benzene rings is 4. The Balaban J connectivity index is 0.609. The second kappa shape index (κ2) is 52.3. The molecule has 10 atom stereocenters. The summed E-state index contributed by atoms with van der Waals surface area (Å²) in [4.78, 5) is 147. The van der Waals surface area contributed by atoms with Crippen LogP contribution < -0.4 is 48.0 Å². The Morgan fingerprint density at radius 3 is 1.82 bits per heavy atom. The Bertz CT molecular complexity index is 5000. The van der Waals surface area contributed by atoms with Crippen molar-refractivity contribution in [1.82, 2.24) is 36.8 Å². The van der Waals surface area contributed by atoms with Gasteiger partial charge in [0.2, 0.25) is 53.2 Å². The molecule has 2 heterocycles. The van der Waals surface area contributed by atoms with E-state index in [0.29, 0.717) is 115 Å². The molecule has 137 heavy (non-hydrogen) atoms. The number of nitrogens with zero attached hydrogens (tertiary/aromatic N) is 4. The number of amides is 10. The lowest BCUT2D eigenvalue weighted by Gasteiger charge is -2.55. The topological polar surface area (TPSA) is 470 Å². The number of allylic oxidation sites excluding steroid dienone is 1. The molecule has 36 heteroatoms. The number of para-hydroxylation sites is 1. The van der Waals surface area contributed by atoms with Crippen molar-refractivity contribution in [3.05, 3.63) is 130 Å². The number of phenols is 1. The molecule has 1 spiro atoms. The van der Waals surface area contributed by atoms with Gasteiger partial charge in [0.25, 0.3) is 16.0 Å². The normalized spacial score (nSPS) is 22.4. The molecule has 0 bridgehead atoms. The Morgan fingerprint density at radius 2 is 1.15 bits per heavy atom. The minimum absolute atomic E-state index is 0.00999. The van der Waals surface area contributed by atoms with Crippen molar-refractivity contribution in [2.75, 3.05) is 154 Å². The molecule has 4 fully saturated rings. The number of nitrogens with one attached hydrogen (secondary N) is 7. The maximum Gasteiger partial charge on any atom is 0.266 e. The number of unbranched alkanes of at least 4 members (excludes halogenated alkanes) is 1. The maximum absolute atomic E-state index is 15.4. The molecular formula is C101H144N12O23S. The molecule has 10 amide bonds. The van der Waals surface area contributed by atoms with Gasteiger partial charge in [-0.25, -0.2) is 0 Å². The minimum Gasteiger partial charge on any atom is -0.508 e. The molecule has 2 unspecified atom stereocenters. The number of carbonyl (C=O) groups excluding carboxylic acids is 10. The highest BCUT2D eigenvalue weighted by Gasteiger charge is 2.76. The van der Waals surface area contributed by atoms with E-state index in [9.17, 15) is 56.7 Å². The average molecular weight is 1930 g/mol. The van der Waals surface area contributed by atoms with Crippen molar-refractivity contribution in [3.63, 3.8) is 0 Å². The highest BCUT2D eigenvalue weighted by Crippen LogP contribution is 2.65. The fourth-order valence-corrected chi connectivity index (χ4v) is 21.1. The van der Waals surface area contributed by atoms with Crippen LogP contribution in [-0.4, -0.2) is 267 Å². The number of rotatable bonds is 53. The first-order chi connectivity index (χ1) is 65.9. The van der Waals surface area contributed by atoms with Crippen LogP contribution in [0, 0.1) is 23.2 Å². The first-order valence-electron chi connectivity index (χ1n) is 48.9. The lowest BCUT2D eigenvalue weighted by molar-refractivity contribution is -0.148. The van der Waals surface area contributed by atoms with E-state index in [4.69, 9.17) is 58.0 Å². The van der Waals surface area contributed by atoms with Crippen LogP contribution in [0.25, 0.3) is 5.57 Å². The number of hydrogen-bond acceptors (Lipinski definition) is 25. The number of phenolic OH excluding ortho intramolecular Hbond substituents is 1. The zero-order chi connectivity index (χ0) is 98.1. The van der Waals surface area contributed by atoms with Gasteiger partial charge in [0.05, 0.1) is 141 Å². The number of carbonyl (C=O) groups is 10. The van der Waals surface area contributed by atoms with Gasteiger partial charge >= 0.3 is 0 Å². The van der Waals surface area contributed by atoms with Crippen LogP contribution in [0.4, 0.5) is 11.4 Å². The third-order valence-corrected chi connectivity index (χ3v) is 28.7. The van der Waals surface area contributed by atoms with Crippen LogP contribution in [0.1, 0.15) is 209 Å². The molecule has 5 aliphatic carbocycles. The fourth-order valence-electron chi connectivity index (χ4n) is 20.7. The quantitative estimate of drug-likeness (QED) is 0.00496. The molecular weight excluding hydrogens is 1780 g/mol. The summed E-state index contributed by atoms with van der Waals surface area (Å²) in [6, 6.07) is 23.8. The first-order valence-corrected chi connectivity index (χ1v) is 50.5. The van der Waals surface area contributed by atoms with E-state index in [2.05, 4.69) is 75.7 Å². The van der Waals surface area contributed by atoms with Crippen molar-refractivity contribution >= 4 is 97.6 Å². The molecule has 3 saturated carbocycles. The SMILES string of the molecule is C=C1Cc2ccccc2CN(C(=O)CCC(=O)NCCOCCOCCOCCOCCC(=O)N[C@H](CCCCNC(=O)COC2CCCCCC(=NCCOCCOCCOCCOCCC(=O)NCCS(=O)(=O)O)C2=NN)C(=O)N[C@H](C(=O)N[C@@H](C)C(=O)Nc2ccc3c(c2)[C@@]2(C)CCC[C@]4(C(=O)N4C(=O)[C@@]4(C)CCC[C@]5(C)c6cc(O)ccc6CC[C@@H]45)C2CC3)C(C)C)c2ccccc21. The number of hydrazone groups is 1. The second-order valence-electron chi connectivity index (χ2n) is 37.8. The van der Waals surface area contributed by atoms with Crippen LogP contribution in [0.5, 0.6) is 5.75 Å². The molecule has 4 aromatic carbocycles. The molecule has 0 radical (unpaired) electrons. The van der Waals surface area contributed by atoms with E-state index in [1.54, 1.807) is 36.6 Å². The highest BCUT2D eigenvalue weighted by molar-refractivity contribution is 7.85. The van der Waals surface area contributed by atoms with Gasteiger partial charge < -0.3 is 95.7 Å². The largest absolute Gasteiger partial charge is 0.508 e. The molecule has 752 valence electrons. The monoisotopic (exact) mass is 1930 g/mol. The molecule has 0 aromatic heterocycles. The highest BCUT2D eigenvalue weighted by atomic mass is 32.2. The van der Waals surface area contributed by atoms with Crippen LogP contribution in [-0.2, 0) is 137 Å². The van der Waals surface area contributed by atoms with E-state index in [-0.39, 0.29) is 178 Å². The van der Waals surface area contributed by atoms with E-state index < -0.39 is 97.8 Å². The predicted octanol–water partition coefficient (Wildman–Crippen LogP) is 8.29. The maximum atomic E-state index is 15.4. The molecule has 2 aliphatic heterocycles. The lowest BCUT2D eigenvalue weighted by Crippen LogP contribution is -2.57. The van der Waals surface area contributed by atoms with E-state index in [1.165, 1.54) is 5.56 Å². The van der Waals surface area contributed by atoms with Crippen molar-refractivity contribution in [2.45, 2.75) is 236 Å². The van der Waals surface area contributed by atoms with Crippen LogP contribution in [0.15, 0.2) is 102 Å². The van der Waals surface area contributed by atoms with Crippen LogP contribution in [0.2, 0.25) is 0 Å². The van der Waals surface area contributed by atoms with Gasteiger partial charge in [-0.1, -0.05) is 115 Å². The van der Waals surface area contributed by atoms with Gasteiger partial charge in [-0.05, 0) is 202 Å². The van der Waals surface area contributed by atoms with Gasteiger partial charge in [0, 0.05) is 62.5 Å². The number of hydrogen-bond donors (Lipinski definition) is 10. The number of aryl methyl sites for hydroxylation is 2. The zero-order valence-corrected chi connectivity index (χ0v) is 81.4. The lowest BCUT2D eigenvalue weighted by atomic mass is 9.49. The minimum atomic E-state index is -4.16. The van der Waals surface area contributed by atoms with Gasteiger partial charge in [-0.2, -0.15) is 13.5 Å².